The molecule has 0 aromatic carbocycles. The van der Waals surface area contributed by atoms with E-state index in [1.807, 2.05) is 4.90 Å². The molecule has 4 heteroatoms. The van der Waals surface area contributed by atoms with Gasteiger partial charge < -0.3 is 10.6 Å². The molecule has 3 atom stereocenters. The van der Waals surface area contributed by atoms with Crippen molar-refractivity contribution < 1.29 is 4.79 Å². The Morgan fingerprint density at radius 2 is 2.30 bits per heavy atom. The van der Waals surface area contributed by atoms with E-state index in [2.05, 4.69) is 19.2 Å². The van der Waals surface area contributed by atoms with Crippen LogP contribution in [0.15, 0.2) is 5.38 Å². The predicted molar refractivity (Wildman–Crippen MR) is 83.2 cm³/mol. The van der Waals surface area contributed by atoms with Crippen LogP contribution in [-0.2, 0) is 12.8 Å². The van der Waals surface area contributed by atoms with Crippen LogP contribution in [-0.4, -0.2) is 29.9 Å². The molecule has 110 valence electrons. The average molecular weight is 292 g/mol. The topological polar surface area (TPSA) is 46.3 Å². The van der Waals surface area contributed by atoms with Gasteiger partial charge in [-0.05, 0) is 56.6 Å². The molecular formula is C16H24N2OS. The number of carbonyl (C=O) groups excluding carboxylic acids is 1. The SMILES string of the molecule is CC1CCc2c(C(=O)N3CC(CN)CC3C)csc2C1. The van der Waals surface area contributed by atoms with Gasteiger partial charge in [0.2, 0.25) is 0 Å². The summed E-state index contributed by atoms with van der Waals surface area (Å²) in [4.78, 5) is 16.3. The van der Waals surface area contributed by atoms with Gasteiger partial charge in [-0.2, -0.15) is 0 Å². The minimum Gasteiger partial charge on any atom is -0.336 e. The van der Waals surface area contributed by atoms with Crippen molar-refractivity contribution in [3.05, 3.63) is 21.4 Å². The van der Waals surface area contributed by atoms with Crippen LogP contribution in [0.5, 0.6) is 0 Å². The monoisotopic (exact) mass is 292 g/mol. The lowest BCUT2D eigenvalue weighted by atomic mass is 9.88. The van der Waals surface area contributed by atoms with Gasteiger partial charge in [-0.15, -0.1) is 11.3 Å². The number of fused-ring (bicyclic) bond motifs is 1. The third-order valence-electron chi connectivity index (χ3n) is 4.89. The highest BCUT2D eigenvalue weighted by Gasteiger charge is 2.34. The second-order valence-electron chi connectivity index (χ2n) is 6.54. The molecule has 1 aliphatic carbocycles. The fourth-order valence-electron chi connectivity index (χ4n) is 3.61. The van der Waals surface area contributed by atoms with Crippen molar-refractivity contribution in [1.82, 2.24) is 4.90 Å². The molecule has 3 nitrogen and oxygen atoms in total. The molecule has 1 aromatic heterocycles. The van der Waals surface area contributed by atoms with Gasteiger partial charge in [0, 0.05) is 22.8 Å². The molecule has 3 rings (SSSR count). The van der Waals surface area contributed by atoms with Crippen LogP contribution < -0.4 is 5.73 Å². The van der Waals surface area contributed by atoms with Gasteiger partial charge in [0.25, 0.3) is 5.91 Å². The molecule has 1 aromatic rings. The fourth-order valence-corrected chi connectivity index (χ4v) is 4.85. The number of thiophene rings is 1. The van der Waals surface area contributed by atoms with Gasteiger partial charge in [0.05, 0.1) is 5.56 Å². The van der Waals surface area contributed by atoms with Crippen molar-refractivity contribution >= 4 is 17.2 Å². The second kappa shape index (κ2) is 5.49. The summed E-state index contributed by atoms with van der Waals surface area (Å²) < 4.78 is 0. The minimum absolute atomic E-state index is 0.237. The smallest absolute Gasteiger partial charge is 0.255 e. The van der Waals surface area contributed by atoms with Crippen molar-refractivity contribution in [3.8, 4) is 0 Å². The summed E-state index contributed by atoms with van der Waals surface area (Å²) in [5.41, 5.74) is 8.08. The average Bonchev–Trinajstić information content (AvgIpc) is 3.01. The van der Waals surface area contributed by atoms with Crippen LogP contribution in [0.1, 0.15) is 47.5 Å². The minimum atomic E-state index is 0.237. The number of nitrogens with two attached hydrogens (primary N) is 1. The van der Waals surface area contributed by atoms with E-state index in [1.165, 1.54) is 16.9 Å². The van der Waals surface area contributed by atoms with Crippen LogP contribution in [0.4, 0.5) is 0 Å². The van der Waals surface area contributed by atoms with Gasteiger partial charge in [0.1, 0.15) is 0 Å². The summed E-state index contributed by atoms with van der Waals surface area (Å²) in [6.07, 6.45) is 4.48. The molecule has 0 saturated carbocycles. The Hall–Kier alpha value is -0.870. The molecule has 1 aliphatic heterocycles. The summed E-state index contributed by atoms with van der Waals surface area (Å²) in [5.74, 6) is 1.47. The van der Waals surface area contributed by atoms with E-state index in [4.69, 9.17) is 5.73 Å². The second-order valence-corrected chi connectivity index (χ2v) is 7.51. The van der Waals surface area contributed by atoms with Gasteiger partial charge >= 0.3 is 0 Å². The molecule has 3 unspecified atom stereocenters. The van der Waals surface area contributed by atoms with E-state index in [0.29, 0.717) is 18.5 Å². The predicted octanol–water partition coefficient (Wildman–Crippen LogP) is 2.68. The van der Waals surface area contributed by atoms with Crippen LogP contribution in [0.3, 0.4) is 0 Å². The molecule has 0 spiro atoms. The lowest BCUT2D eigenvalue weighted by Crippen LogP contribution is -2.35. The summed E-state index contributed by atoms with van der Waals surface area (Å²) >= 11 is 1.78. The normalized spacial score (nSPS) is 29.6. The Morgan fingerprint density at radius 3 is 3.00 bits per heavy atom. The van der Waals surface area contributed by atoms with E-state index in [9.17, 15) is 4.79 Å². The van der Waals surface area contributed by atoms with E-state index in [1.54, 1.807) is 11.3 Å². The highest BCUT2D eigenvalue weighted by molar-refractivity contribution is 7.10. The van der Waals surface area contributed by atoms with Crippen molar-refractivity contribution in [1.29, 1.82) is 0 Å². The lowest BCUT2D eigenvalue weighted by Gasteiger charge is -2.24. The van der Waals surface area contributed by atoms with Crippen molar-refractivity contribution in [3.63, 3.8) is 0 Å². The van der Waals surface area contributed by atoms with Gasteiger partial charge in [-0.3, -0.25) is 4.79 Å². The molecule has 1 saturated heterocycles. The van der Waals surface area contributed by atoms with E-state index < -0.39 is 0 Å². The quantitative estimate of drug-likeness (QED) is 0.911. The summed E-state index contributed by atoms with van der Waals surface area (Å²) in [6.45, 7) is 5.97. The third-order valence-corrected chi connectivity index (χ3v) is 5.94. The summed E-state index contributed by atoms with van der Waals surface area (Å²) in [6, 6.07) is 0.328. The number of nitrogens with zero attached hydrogens (tertiary/aromatic N) is 1. The Bertz CT molecular complexity index is 511. The maximum absolute atomic E-state index is 12.8. The van der Waals surface area contributed by atoms with Crippen molar-refractivity contribution in [2.75, 3.05) is 13.1 Å². The first-order valence-electron chi connectivity index (χ1n) is 7.70. The van der Waals surface area contributed by atoms with Crippen LogP contribution in [0, 0.1) is 11.8 Å². The standard InChI is InChI=1S/C16H24N2OS/c1-10-3-4-13-14(9-20-15(13)5-10)16(19)18-8-12(7-17)6-11(18)2/h9-12H,3-8,17H2,1-2H3. The Kier molecular flexibility index (Phi) is 3.87. The molecule has 1 fully saturated rings. The fraction of sp³-hybridized carbons (Fsp3) is 0.688. The highest BCUT2D eigenvalue weighted by atomic mass is 32.1. The molecule has 0 radical (unpaired) electrons. The lowest BCUT2D eigenvalue weighted by molar-refractivity contribution is 0.0742. The van der Waals surface area contributed by atoms with Crippen molar-refractivity contribution in [2.24, 2.45) is 17.6 Å². The number of amides is 1. The number of carbonyl (C=O) groups is 1. The number of rotatable bonds is 2. The molecular weight excluding hydrogens is 268 g/mol. The first-order valence-corrected chi connectivity index (χ1v) is 8.58. The number of hydrogen-bond donors (Lipinski definition) is 1. The van der Waals surface area contributed by atoms with E-state index in [0.717, 1.165) is 37.3 Å². The first kappa shape index (κ1) is 14.1. The zero-order chi connectivity index (χ0) is 14.3. The largest absolute Gasteiger partial charge is 0.336 e. The first-order chi connectivity index (χ1) is 9.60. The zero-order valence-electron chi connectivity index (χ0n) is 12.4. The van der Waals surface area contributed by atoms with E-state index >= 15 is 0 Å². The molecule has 2 aliphatic rings. The van der Waals surface area contributed by atoms with E-state index in [-0.39, 0.29) is 5.91 Å². The molecule has 2 N–H and O–H groups in total. The Morgan fingerprint density at radius 1 is 1.50 bits per heavy atom. The third kappa shape index (κ3) is 2.40. The van der Waals surface area contributed by atoms with Crippen LogP contribution >= 0.6 is 11.3 Å². The Balaban J connectivity index is 1.82. The molecule has 1 amide bonds. The summed E-state index contributed by atoms with van der Waals surface area (Å²) in [7, 11) is 0. The molecule has 0 bridgehead atoms. The summed E-state index contributed by atoms with van der Waals surface area (Å²) in [5, 5.41) is 2.09. The number of likely N-dealkylation sites (tertiary alicyclic amines) is 1. The van der Waals surface area contributed by atoms with Gasteiger partial charge in [-0.1, -0.05) is 6.92 Å². The van der Waals surface area contributed by atoms with Crippen LogP contribution in [0.25, 0.3) is 0 Å². The molecule has 20 heavy (non-hydrogen) atoms. The van der Waals surface area contributed by atoms with Gasteiger partial charge in [0.15, 0.2) is 0 Å². The number of hydrogen-bond acceptors (Lipinski definition) is 3. The Labute approximate surface area is 125 Å². The van der Waals surface area contributed by atoms with Crippen LogP contribution in [0.2, 0.25) is 0 Å². The molecule has 2 heterocycles. The highest BCUT2D eigenvalue weighted by Crippen LogP contribution is 2.34. The maximum atomic E-state index is 12.8. The zero-order valence-corrected chi connectivity index (χ0v) is 13.2. The van der Waals surface area contributed by atoms with Gasteiger partial charge in [-0.25, -0.2) is 0 Å². The van der Waals surface area contributed by atoms with Crippen molar-refractivity contribution in [2.45, 2.75) is 45.6 Å². The maximum Gasteiger partial charge on any atom is 0.255 e.